The second kappa shape index (κ2) is 6.58. The summed E-state index contributed by atoms with van der Waals surface area (Å²) in [7, 11) is 2.14. The quantitative estimate of drug-likeness (QED) is 0.631. The first-order valence-corrected chi connectivity index (χ1v) is 7.59. The van der Waals surface area contributed by atoms with Crippen molar-refractivity contribution in [1.82, 2.24) is 9.80 Å². The van der Waals surface area contributed by atoms with E-state index < -0.39 is 0 Å². The Morgan fingerprint density at radius 3 is 2.24 bits per heavy atom. The molecule has 2 unspecified atom stereocenters. The number of piperazine rings is 1. The van der Waals surface area contributed by atoms with Crippen molar-refractivity contribution in [1.29, 1.82) is 0 Å². The lowest BCUT2D eigenvalue weighted by Crippen LogP contribution is -2.56. The summed E-state index contributed by atoms with van der Waals surface area (Å²) in [6.07, 6.45) is 0. The van der Waals surface area contributed by atoms with E-state index in [4.69, 9.17) is 4.74 Å². The van der Waals surface area contributed by atoms with Crippen LogP contribution >= 0.6 is 0 Å². The van der Waals surface area contributed by atoms with Crippen molar-refractivity contribution in [3.8, 4) is 5.75 Å². The van der Waals surface area contributed by atoms with E-state index >= 15 is 0 Å². The Hall–Kier alpha value is -1.39. The van der Waals surface area contributed by atoms with E-state index in [1.165, 1.54) is 0 Å². The lowest BCUT2D eigenvalue weighted by molar-refractivity contribution is -0.136. The van der Waals surface area contributed by atoms with E-state index in [-0.39, 0.29) is 5.97 Å². The van der Waals surface area contributed by atoms with Crippen LogP contribution in [-0.2, 0) is 4.79 Å². The number of esters is 1. The summed E-state index contributed by atoms with van der Waals surface area (Å²) in [5, 5.41) is 0. The normalized spacial score (nSPS) is 24.0. The van der Waals surface area contributed by atoms with Crippen LogP contribution in [0.15, 0.2) is 18.2 Å². The molecule has 1 aliphatic rings. The minimum Gasteiger partial charge on any atom is -0.425 e. The Labute approximate surface area is 127 Å². The van der Waals surface area contributed by atoms with Crippen molar-refractivity contribution in [3.05, 3.63) is 29.3 Å². The molecule has 0 spiro atoms. The fourth-order valence-electron chi connectivity index (χ4n) is 2.93. The Bertz CT molecular complexity index is 483. The number of hydrogen-bond acceptors (Lipinski definition) is 4. The fourth-order valence-corrected chi connectivity index (χ4v) is 2.93. The van der Waals surface area contributed by atoms with Gasteiger partial charge in [0.2, 0.25) is 0 Å². The minimum atomic E-state index is -0.170. The third kappa shape index (κ3) is 3.83. The average molecular weight is 290 g/mol. The van der Waals surface area contributed by atoms with Crippen molar-refractivity contribution >= 4 is 5.97 Å². The summed E-state index contributed by atoms with van der Waals surface area (Å²) in [6.45, 7) is 10.5. The molecule has 0 amide bonds. The summed E-state index contributed by atoms with van der Waals surface area (Å²) in [6, 6.07) is 6.83. The van der Waals surface area contributed by atoms with E-state index in [0.717, 1.165) is 24.2 Å². The number of benzene rings is 1. The zero-order chi connectivity index (χ0) is 15.6. The van der Waals surface area contributed by atoms with Crippen LogP contribution in [0.4, 0.5) is 0 Å². The summed E-state index contributed by atoms with van der Waals surface area (Å²) in [4.78, 5) is 16.7. The van der Waals surface area contributed by atoms with E-state index in [9.17, 15) is 4.79 Å². The Balaban J connectivity index is 1.96. The SMILES string of the molecule is Cc1cccc(C)c1OC(=O)CN1CC(C)N(C)C(C)C1. The van der Waals surface area contributed by atoms with Crippen LogP contribution in [0.5, 0.6) is 5.75 Å². The van der Waals surface area contributed by atoms with Crippen LogP contribution in [0.2, 0.25) is 0 Å². The summed E-state index contributed by atoms with van der Waals surface area (Å²) >= 11 is 0. The molecule has 1 aromatic carbocycles. The molecule has 1 fully saturated rings. The van der Waals surface area contributed by atoms with Crippen molar-refractivity contribution < 1.29 is 9.53 Å². The van der Waals surface area contributed by atoms with Gasteiger partial charge in [0.25, 0.3) is 0 Å². The molecule has 0 saturated carbocycles. The first kappa shape index (κ1) is 16.0. The second-order valence-electron chi connectivity index (χ2n) is 6.25. The van der Waals surface area contributed by atoms with Gasteiger partial charge in [-0.2, -0.15) is 0 Å². The molecule has 4 heteroatoms. The van der Waals surface area contributed by atoms with Crippen molar-refractivity contribution in [3.63, 3.8) is 0 Å². The van der Waals surface area contributed by atoms with Crippen molar-refractivity contribution in [2.24, 2.45) is 0 Å². The van der Waals surface area contributed by atoms with E-state index in [1.807, 2.05) is 32.0 Å². The van der Waals surface area contributed by atoms with Crippen LogP contribution in [0.1, 0.15) is 25.0 Å². The molecule has 0 aliphatic carbocycles. The molecule has 0 N–H and O–H groups in total. The van der Waals surface area contributed by atoms with Gasteiger partial charge in [-0.15, -0.1) is 0 Å². The molecule has 0 radical (unpaired) electrons. The number of para-hydroxylation sites is 1. The molecular weight excluding hydrogens is 264 g/mol. The number of ether oxygens (including phenoxy) is 1. The van der Waals surface area contributed by atoms with Gasteiger partial charge in [0.1, 0.15) is 5.75 Å². The van der Waals surface area contributed by atoms with Crippen molar-refractivity contribution in [2.45, 2.75) is 39.8 Å². The number of nitrogens with zero attached hydrogens (tertiary/aromatic N) is 2. The highest BCUT2D eigenvalue weighted by molar-refractivity contribution is 5.75. The van der Waals surface area contributed by atoms with Gasteiger partial charge >= 0.3 is 5.97 Å². The first-order chi connectivity index (χ1) is 9.88. The van der Waals surface area contributed by atoms with E-state index in [2.05, 4.69) is 30.7 Å². The summed E-state index contributed by atoms with van der Waals surface area (Å²) in [5.74, 6) is 0.536. The number of carbonyl (C=O) groups is 1. The first-order valence-electron chi connectivity index (χ1n) is 7.59. The topological polar surface area (TPSA) is 32.8 Å². The van der Waals surface area contributed by atoms with Gasteiger partial charge in [-0.1, -0.05) is 18.2 Å². The Morgan fingerprint density at radius 2 is 1.71 bits per heavy atom. The lowest BCUT2D eigenvalue weighted by atomic mass is 10.1. The van der Waals surface area contributed by atoms with E-state index in [1.54, 1.807) is 0 Å². The molecule has 116 valence electrons. The van der Waals surface area contributed by atoms with Gasteiger partial charge in [0.05, 0.1) is 6.54 Å². The average Bonchev–Trinajstić information content (AvgIpc) is 2.40. The maximum atomic E-state index is 12.2. The van der Waals surface area contributed by atoms with Crippen LogP contribution in [0.3, 0.4) is 0 Å². The largest absolute Gasteiger partial charge is 0.425 e. The van der Waals surface area contributed by atoms with Gasteiger partial charge in [-0.05, 0) is 45.9 Å². The molecule has 1 aliphatic heterocycles. The smallest absolute Gasteiger partial charge is 0.325 e. The zero-order valence-electron chi connectivity index (χ0n) is 13.7. The third-order valence-corrected chi connectivity index (χ3v) is 4.41. The maximum Gasteiger partial charge on any atom is 0.325 e. The van der Waals surface area contributed by atoms with Gasteiger partial charge in [-0.25, -0.2) is 0 Å². The predicted octanol–water partition coefficient (Wildman–Crippen LogP) is 2.23. The highest BCUT2D eigenvalue weighted by Gasteiger charge is 2.28. The molecule has 2 rings (SSSR count). The summed E-state index contributed by atoms with van der Waals surface area (Å²) < 4.78 is 5.58. The number of hydrogen-bond donors (Lipinski definition) is 0. The van der Waals surface area contributed by atoms with Crippen LogP contribution < -0.4 is 4.74 Å². The highest BCUT2D eigenvalue weighted by Crippen LogP contribution is 2.22. The number of rotatable bonds is 3. The van der Waals surface area contributed by atoms with Crippen LogP contribution in [0.25, 0.3) is 0 Å². The Kier molecular flexibility index (Phi) is 5.01. The molecule has 0 aromatic heterocycles. The van der Waals surface area contributed by atoms with E-state index in [0.29, 0.717) is 24.4 Å². The molecule has 1 heterocycles. The third-order valence-electron chi connectivity index (χ3n) is 4.41. The monoisotopic (exact) mass is 290 g/mol. The van der Waals surface area contributed by atoms with Gasteiger partial charge < -0.3 is 4.74 Å². The molecule has 1 aromatic rings. The van der Waals surface area contributed by atoms with Gasteiger partial charge in [-0.3, -0.25) is 14.6 Å². The standard InChI is InChI=1S/C17H26N2O2/c1-12-7-6-8-13(2)17(12)21-16(20)11-19-9-14(3)18(5)15(4)10-19/h6-8,14-15H,9-11H2,1-5H3. The fraction of sp³-hybridized carbons (Fsp3) is 0.588. The molecule has 21 heavy (non-hydrogen) atoms. The molecule has 1 saturated heterocycles. The molecule has 2 atom stereocenters. The predicted molar refractivity (Wildman–Crippen MR) is 84.7 cm³/mol. The number of carbonyl (C=O) groups excluding carboxylic acids is 1. The van der Waals surface area contributed by atoms with Crippen LogP contribution in [0, 0.1) is 13.8 Å². The molecular formula is C17H26N2O2. The van der Waals surface area contributed by atoms with Crippen LogP contribution in [-0.4, -0.2) is 54.5 Å². The lowest BCUT2D eigenvalue weighted by Gasteiger charge is -2.41. The van der Waals surface area contributed by atoms with Gasteiger partial charge in [0.15, 0.2) is 0 Å². The van der Waals surface area contributed by atoms with Gasteiger partial charge in [0, 0.05) is 25.2 Å². The Morgan fingerprint density at radius 1 is 1.19 bits per heavy atom. The minimum absolute atomic E-state index is 0.170. The second-order valence-corrected chi connectivity index (χ2v) is 6.25. The zero-order valence-corrected chi connectivity index (χ0v) is 13.7. The highest BCUT2D eigenvalue weighted by atomic mass is 16.5. The maximum absolute atomic E-state index is 12.2. The number of aryl methyl sites for hydroxylation is 2. The molecule has 4 nitrogen and oxygen atoms in total. The summed E-state index contributed by atoms with van der Waals surface area (Å²) in [5.41, 5.74) is 2.01. The number of likely N-dealkylation sites (N-methyl/N-ethyl adjacent to an activating group) is 1. The molecule has 0 bridgehead atoms. The van der Waals surface area contributed by atoms with Crippen molar-refractivity contribution in [2.75, 3.05) is 26.7 Å².